The Morgan fingerprint density at radius 2 is 1.85 bits per heavy atom. The smallest absolute Gasteiger partial charge is 0.188 e. The summed E-state index contributed by atoms with van der Waals surface area (Å²) in [7, 11) is -2.27. The Balaban J connectivity index is 2.14. The van der Waals surface area contributed by atoms with E-state index in [2.05, 4.69) is 4.98 Å². The molecule has 2 aromatic rings. The number of aliphatic hydroxyl groups excluding tert-OH is 1. The summed E-state index contributed by atoms with van der Waals surface area (Å²) in [5.74, 6) is 0.882. The molecule has 1 aliphatic heterocycles. The molecule has 1 aromatic carbocycles. The molecule has 9 heteroatoms. The third kappa shape index (κ3) is 4.85. The first kappa shape index (κ1) is 25.7. The number of methoxy groups -OCH3 is 1. The van der Waals surface area contributed by atoms with Crippen molar-refractivity contribution in [1.29, 1.82) is 0 Å². The van der Waals surface area contributed by atoms with Gasteiger partial charge in [-0.1, -0.05) is 32.4 Å². The molecule has 1 N–H and O–H groups in total. The van der Waals surface area contributed by atoms with Crippen LogP contribution in [0.3, 0.4) is 0 Å². The molecule has 0 saturated carbocycles. The maximum absolute atomic E-state index is 13.9. The van der Waals surface area contributed by atoms with Gasteiger partial charge in [-0.2, -0.15) is 0 Å². The Hall–Kier alpha value is -1.87. The van der Waals surface area contributed by atoms with Crippen LogP contribution in [0.25, 0.3) is 0 Å². The zero-order valence-corrected chi connectivity index (χ0v) is 21.4. The first-order chi connectivity index (χ1) is 15.5. The zero-order chi connectivity index (χ0) is 24.4. The predicted molar refractivity (Wildman–Crippen MR) is 130 cm³/mol. The Kier molecular flexibility index (Phi) is 7.63. The Morgan fingerprint density at radius 1 is 1.24 bits per heavy atom. The van der Waals surface area contributed by atoms with Crippen LogP contribution in [-0.2, 0) is 19.3 Å². The summed E-state index contributed by atoms with van der Waals surface area (Å²) in [5, 5.41) is 11.4. The van der Waals surface area contributed by atoms with Gasteiger partial charge in [0.15, 0.2) is 21.4 Å². The van der Waals surface area contributed by atoms with Crippen LogP contribution < -0.4 is 9.64 Å². The molecule has 0 amide bonds. The van der Waals surface area contributed by atoms with Crippen LogP contribution in [0.5, 0.6) is 5.75 Å². The van der Waals surface area contributed by atoms with E-state index >= 15 is 0 Å². The van der Waals surface area contributed by atoms with Gasteiger partial charge < -0.3 is 19.5 Å². The number of halogens is 1. The van der Waals surface area contributed by atoms with Gasteiger partial charge in [0, 0.05) is 36.4 Å². The van der Waals surface area contributed by atoms with Crippen LogP contribution in [-0.4, -0.2) is 51.6 Å². The SMILES string of the molecule is CCN(c1ncc(C2(S(=O)(=O)c3ccc(Cl)cc3)CCOCC2)cc1OC)C(O)C(C)(C)C. The van der Waals surface area contributed by atoms with E-state index < -0.39 is 26.2 Å². The number of nitrogens with zero attached hydrogens (tertiary/aromatic N) is 2. The number of hydrogen-bond donors (Lipinski definition) is 1. The summed E-state index contributed by atoms with van der Waals surface area (Å²) in [5.41, 5.74) is 0.129. The fourth-order valence-corrected chi connectivity index (χ4v) is 6.41. The predicted octanol–water partition coefficient (Wildman–Crippen LogP) is 4.41. The maximum Gasteiger partial charge on any atom is 0.188 e. The number of rotatable bonds is 7. The summed E-state index contributed by atoms with van der Waals surface area (Å²) in [6, 6.07) is 7.96. The Morgan fingerprint density at radius 3 is 2.36 bits per heavy atom. The van der Waals surface area contributed by atoms with Crippen LogP contribution >= 0.6 is 11.6 Å². The number of aromatic nitrogens is 1. The molecule has 1 fully saturated rings. The molecule has 0 bridgehead atoms. The second-order valence-corrected chi connectivity index (χ2v) is 12.0. The van der Waals surface area contributed by atoms with Crippen LogP contribution in [0, 0.1) is 5.41 Å². The maximum atomic E-state index is 13.9. The lowest BCUT2D eigenvalue weighted by molar-refractivity contribution is 0.0594. The number of hydrogen-bond acceptors (Lipinski definition) is 7. The highest BCUT2D eigenvalue weighted by Gasteiger charge is 2.48. The van der Waals surface area contributed by atoms with Crippen LogP contribution in [0.2, 0.25) is 5.02 Å². The van der Waals surface area contributed by atoms with Crippen molar-refractivity contribution in [1.82, 2.24) is 4.98 Å². The molecule has 0 aliphatic carbocycles. The van der Waals surface area contributed by atoms with E-state index in [0.29, 0.717) is 54.8 Å². The van der Waals surface area contributed by atoms with Gasteiger partial charge in [-0.05, 0) is 55.7 Å². The monoisotopic (exact) mass is 496 g/mol. The highest BCUT2D eigenvalue weighted by molar-refractivity contribution is 7.92. The second-order valence-electron chi connectivity index (χ2n) is 9.34. The van der Waals surface area contributed by atoms with Crippen molar-refractivity contribution in [3.63, 3.8) is 0 Å². The van der Waals surface area contributed by atoms with Crippen molar-refractivity contribution in [2.24, 2.45) is 5.41 Å². The van der Waals surface area contributed by atoms with E-state index in [1.165, 1.54) is 19.2 Å². The highest BCUT2D eigenvalue weighted by Crippen LogP contribution is 2.45. The minimum atomic E-state index is -3.79. The van der Waals surface area contributed by atoms with Crippen LogP contribution in [0.15, 0.2) is 41.4 Å². The van der Waals surface area contributed by atoms with Gasteiger partial charge in [-0.25, -0.2) is 13.4 Å². The average Bonchev–Trinajstić information content (AvgIpc) is 2.79. The first-order valence-electron chi connectivity index (χ1n) is 11.0. The lowest BCUT2D eigenvalue weighted by Gasteiger charge is -2.39. The minimum Gasteiger partial charge on any atom is -0.493 e. The molecule has 1 aromatic heterocycles. The largest absolute Gasteiger partial charge is 0.493 e. The van der Waals surface area contributed by atoms with Crippen LogP contribution in [0.1, 0.15) is 46.1 Å². The lowest BCUT2D eigenvalue weighted by atomic mass is 9.91. The number of ether oxygens (including phenoxy) is 2. The quantitative estimate of drug-likeness (QED) is 0.568. The summed E-state index contributed by atoms with van der Waals surface area (Å²) in [6.07, 6.45) is 1.38. The standard InChI is InChI=1S/C24H33ClN2O5S/c1-6-27(22(28)23(2,3)4)21-20(31-5)15-17(16-26-21)24(11-13-32-14-12-24)33(29,30)19-9-7-18(25)8-10-19/h7-10,15-16,22,28H,6,11-14H2,1-5H3. The van der Waals surface area contributed by atoms with E-state index in [1.54, 1.807) is 29.3 Å². The van der Waals surface area contributed by atoms with Gasteiger partial charge in [-0.15, -0.1) is 0 Å². The number of benzene rings is 1. The van der Waals surface area contributed by atoms with Crippen molar-refractivity contribution in [3.05, 3.63) is 47.1 Å². The van der Waals surface area contributed by atoms with Gasteiger partial charge in [0.25, 0.3) is 0 Å². The van der Waals surface area contributed by atoms with Gasteiger partial charge >= 0.3 is 0 Å². The molecule has 33 heavy (non-hydrogen) atoms. The van der Waals surface area contributed by atoms with Crippen molar-refractivity contribution >= 4 is 27.3 Å². The third-order valence-electron chi connectivity index (χ3n) is 6.20. The molecule has 3 rings (SSSR count). The molecular formula is C24H33ClN2O5S. The number of anilines is 1. The Bertz CT molecular complexity index is 1060. The topological polar surface area (TPSA) is 89.0 Å². The van der Waals surface area contributed by atoms with Gasteiger partial charge in [0.05, 0.1) is 12.0 Å². The van der Waals surface area contributed by atoms with Crippen molar-refractivity contribution < 1.29 is 23.0 Å². The number of pyridine rings is 1. The third-order valence-corrected chi connectivity index (χ3v) is 9.02. The average molecular weight is 497 g/mol. The van der Waals surface area contributed by atoms with Gasteiger partial charge in [0.2, 0.25) is 0 Å². The van der Waals surface area contributed by atoms with Crippen LogP contribution in [0.4, 0.5) is 5.82 Å². The summed E-state index contributed by atoms with van der Waals surface area (Å²) in [6.45, 7) is 8.89. The normalized spacial score (nSPS) is 17.4. The molecule has 1 atom stereocenters. The van der Waals surface area contributed by atoms with E-state index in [0.717, 1.165) is 0 Å². The van der Waals surface area contributed by atoms with Crippen molar-refractivity contribution in [2.75, 3.05) is 31.8 Å². The summed E-state index contributed by atoms with van der Waals surface area (Å²) in [4.78, 5) is 6.57. The van der Waals surface area contributed by atoms with E-state index in [9.17, 15) is 13.5 Å². The summed E-state index contributed by atoms with van der Waals surface area (Å²) >= 11 is 5.99. The van der Waals surface area contributed by atoms with Gasteiger partial charge in [0.1, 0.15) is 11.0 Å². The molecule has 1 unspecified atom stereocenters. The molecule has 0 radical (unpaired) electrons. The molecule has 1 aliphatic rings. The number of aliphatic hydroxyl groups is 1. The lowest BCUT2D eigenvalue weighted by Crippen LogP contribution is -2.45. The van der Waals surface area contributed by atoms with Crippen molar-refractivity contribution in [3.8, 4) is 5.75 Å². The molecule has 7 nitrogen and oxygen atoms in total. The molecule has 2 heterocycles. The fourth-order valence-electron chi connectivity index (χ4n) is 4.21. The molecular weight excluding hydrogens is 464 g/mol. The minimum absolute atomic E-state index is 0.204. The molecule has 1 saturated heterocycles. The summed E-state index contributed by atoms with van der Waals surface area (Å²) < 4.78 is 37.8. The fraction of sp³-hybridized carbons (Fsp3) is 0.542. The van der Waals surface area contributed by atoms with Gasteiger partial charge in [-0.3, -0.25) is 0 Å². The second kappa shape index (κ2) is 9.78. The Labute approximate surface area is 201 Å². The number of sulfone groups is 1. The first-order valence-corrected chi connectivity index (χ1v) is 12.9. The van der Waals surface area contributed by atoms with Crippen molar-refractivity contribution in [2.45, 2.75) is 56.4 Å². The zero-order valence-electron chi connectivity index (χ0n) is 19.8. The van der Waals surface area contributed by atoms with E-state index in [4.69, 9.17) is 21.1 Å². The molecule has 182 valence electrons. The highest BCUT2D eigenvalue weighted by atomic mass is 35.5. The van der Waals surface area contributed by atoms with E-state index in [-0.39, 0.29) is 4.90 Å². The van der Waals surface area contributed by atoms with E-state index in [1.807, 2.05) is 27.7 Å². The molecule has 0 spiro atoms.